The summed E-state index contributed by atoms with van der Waals surface area (Å²) in [4.78, 5) is 0. The maximum Gasteiger partial charge on any atom is 0.165 e. The van der Waals surface area contributed by atoms with Gasteiger partial charge in [0.1, 0.15) is 11.9 Å². The fourth-order valence-electron chi connectivity index (χ4n) is 1.57. The second-order valence-electron chi connectivity index (χ2n) is 3.22. The molecule has 5 heteroatoms. The molecule has 66 valence electrons. The minimum absolute atomic E-state index is 0.569. The van der Waals surface area contributed by atoms with E-state index in [0.29, 0.717) is 18.8 Å². The van der Waals surface area contributed by atoms with Crippen LogP contribution in [0.3, 0.4) is 0 Å². The van der Waals surface area contributed by atoms with Gasteiger partial charge < -0.3 is 15.0 Å². The van der Waals surface area contributed by atoms with E-state index in [0.717, 1.165) is 6.54 Å². The van der Waals surface area contributed by atoms with E-state index in [-0.39, 0.29) is 0 Å². The third-order valence-electron chi connectivity index (χ3n) is 2.26. The Balaban J connectivity index is 2.34. The van der Waals surface area contributed by atoms with Crippen molar-refractivity contribution in [3.05, 3.63) is 12.2 Å². The molecule has 1 aliphatic heterocycles. The first-order valence-corrected chi connectivity index (χ1v) is 4.00. The summed E-state index contributed by atoms with van der Waals surface area (Å²) in [6.45, 7) is 1.41. The number of hydrogen-bond acceptors (Lipinski definition) is 4. The first-order valence-electron chi connectivity index (χ1n) is 4.00. The number of β-amino-alcohol motifs (C(OH)–C–C–N with tert-alkyl or cyclic N) is 1. The number of aliphatic hydroxyl groups is 1. The maximum absolute atomic E-state index is 10.0. The Morgan fingerprint density at radius 1 is 1.75 bits per heavy atom. The Morgan fingerprint density at radius 2 is 2.58 bits per heavy atom. The molecule has 0 radical (unpaired) electrons. The smallest absolute Gasteiger partial charge is 0.165 e. The zero-order valence-electron chi connectivity index (χ0n) is 6.99. The topological polar surface area (TPSA) is 63.0 Å². The van der Waals surface area contributed by atoms with Gasteiger partial charge in [-0.25, -0.2) is 0 Å². The molecular formula is C7H12N4O. The molecule has 2 rings (SSSR count). The highest BCUT2D eigenvalue weighted by Gasteiger charge is 2.36. The van der Waals surface area contributed by atoms with Crippen LogP contribution in [0.5, 0.6) is 0 Å². The predicted molar refractivity (Wildman–Crippen MR) is 42.4 cm³/mol. The molecule has 1 fully saturated rings. The standard InChI is InChI=1S/C7H12N4O/c1-11-5-9-10-6(11)7(12)2-3-8-4-7/h5,8,12H,2-4H2,1H3. The largest absolute Gasteiger partial charge is 0.380 e. The molecule has 1 aromatic rings. The van der Waals surface area contributed by atoms with Gasteiger partial charge in [-0.15, -0.1) is 10.2 Å². The minimum Gasteiger partial charge on any atom is -0.380 e. The first kappa shape index (κ1) is 7.70. The van der Waals surface area contributed by atoms with Gasteiger partial charge in [0.05, 0.1) is 0 Å². The summed E-state index contributed by atoms with van der Waals surface area (Å²) in [5.41, 5.74) is -0.814. The summed E-state index contributed by atoms with van der Waals surface area (Å²) < 4.78 is 1.76. The molecule has 2 heterocycles. The molecule has 0 amide bonds. The van der Waals surface area contributed by atoms with Crippen molar-refractivity contribution in [1.29, 1.82) is 0 Å². The van der Waals surface area contributed by atoms with Crippen molar-refractivity contribution in [1.82, 2.24) is 20.1 Å². The van der Waals surface area contributed by atoms with Crippen LogP contribution in [0.25, 0.3) is 0 Å². The molecule has 0 bridgehead atoms. The van der Waals surface area contributed by atoms with Gasteiger partial charge in [-0.3, -0.25) is 0 Å². The van der Waals surface area contributed by atoms with Crippen molar-refractivity contribution in [3.63, 3.8) is 0 Å². The van der Waals surface area contributed by atoms with Gasteiger partial charge in [0.2, 0.25) is 0 Å². The molecule has 2 N–H and O–H groups in total. The number of aryl methyl sites for hydroxylation is 1. The van der Waals surface area contributed by atoms with E-state index in [2.05, 4.69) is 15.5 Å². The fourth-order valence-corrected chi connectivity index (χ4v) is 1.57. The number of aromatic nitrogens is 3. The van der Waals surface area contributed by atoms with Crippen molar-refractivity contribution in [3.8, 4) is 0 Å². The normalized spacial score (nSPS) is 29.5. The lowest BCUT2D eigenvalue weighted by molar-refractivity contribution is 0.0460. The Labute approximate surface area is 70.4 Å². The predicted octanol–water partition coefficient (Wildman–Crippen LogP) is -1.00. The van der Waals surface area contributed by atoms with Crippen molar-refractivity contribution in [2.75, 3.05) is 13.1 Å². The molecule has 0 spiro atoms. The van der Waals surface area contributed by atoms with Crippen LogP contribution in [0.2, 0.25) is 0 Å². The third kappa shape index (κ3) is 1.02. The number of nitrogens with zero attached hydrogens (tertiary/aromatic N) is 3. The number of rotatable bonds is 1. The Hall–Kier alpha value is -0.940. The summed E-state index contributed by atoms with van der Waals surface area (Å²) in [5, 5.41) is 20.8. The van der Waals surface area contributed by atoms with Crippen LogP contribution in [-0.4, -0.2) is 33.0 Å². The van der Waals surface area contributed by atoms with Gasteiger partial charge in [0.15, 0.2) is 5.82 Å². The van der Waals surface area contributed by atoms with Crippen LogP contribution in [0.15, 0.2) is 6.33 Å². The molecule has 12 heavy (non-hydrogen) atoms. The lowest BCUT2D eigenvalue weighted by Crippen LogP contribution is -2.31. The van der Waals surface area contributed by atoms with Crippen LogP contribution in [0.4, 0.5) is 0 Å². The zero-order valence-corrected chi connectivity index (χ0v) is 6.99. The average molecular weight is 168 g/mol. The summed E-state index contributed by atoms with van der Waals surface area (Å²) in [6.07, 6.45) is 2.31. The van der Waals surface area contributed by atoms with Gasteiger partial charge in [0.25, 0.3) is 0 Å². The molecule has 1 aliphatic rings. The summed E-state index contributed by atoms with van der Waals surface area (Å²) in [6, 6.07) is 0. The fraction of sp³-hybridized carbons (Fsp3) is 0.714. The number of nitrogens with one attached hydrogen (secondary N) is 1. The summed E-state index contributed by atoms with van der Waals surface area (Å²) >= 11 is 0. The maximum atomic E-state index is 10.0. The molecule has 0 aromatic carbocycles. The Kier molecular flexibility index (Phi) is 1.62. The van der Waals surface area contributed by atoms with E-state index in [1.54, 1.807) is 10.9 Å². The molecule has 1 unspecified atom stereocenters. The van der Waals surface area contributed by atoms with Gasteiger partial charge in [0, 0.05) is 13.6 Å². The Morgan fingerprint density at radius 3 is 3.08 bits per heavy atom. The van der Waals surface area contributed by atoms with E-state index in [1.807, 2.05) is 7.05 Å². The molecule has 5 nitrogen and oxygen atoms in total. The van der Waals surface area contributed by atoms with Crippen molar-refractivity contribution in [2.24, 2.45) is 7.05 Å². The highest BCUT2D eigenvalue weighted by molar-refractivity contribution is 5.05. The van der Waals surface area contributed by atoms with E-state index in [1.165, 1.54) is 0 Å². The monoisotopic (exact) mass is 168 g/mol. The van der Waals surface area contributed by atoms with Crippen molar-refractivity contribution >= 4 is 0 Å². The lowest BCUT2D eigenvalue weighted by atomic mass is 10.0. The van der Waals surface area contributed by atoms with E-state index >= 15 is 0 Å². The van der Waals surface area contributed by atoms with Crippen LogP contribution < -0.4 is 5.32 Å². The van der Waals surface area contributed by atoms with Gasteiger partial charge in [-0.2, -0.15) is 0 Å². The van der Waals surface area contributed by atoms with Crippen molar-refractivity contribution < 1.29 is 5.11 Å². The van der Waals surface area contributed by atoms with Gasteiger partial charge in [-0.1, -0.05) is 0 Å². The molecular weight excluding hydrogens is 156 g/mol. The highest BCUT2D eigenvalue weighted by Crippen LogP contribution is 2.24. The molecule has 1 saturated heterocycles. The molecule has 0 saturated carbocycles. The molecule has 0 aliphatic carbocycles. The molecule has 1 aromatic heterocycles. The van der Waals surface area contributed by atoms with E-state index in [9.17, 15) is 5.11 Å². The minimum atomic E-state index is -0.814. The van der Waals surface area contributed by atoms with Crippen molar-refractivity contribution in [2.45, 2.75) is 12.0 Å². The Bertz CT molecular complexity index is 277. The van der Waals surface area contributed by atoms with Gasteiger partial charge in [-0.05, 0) is 13.0 Å². The highest BCUT2D eigenvalue weighted by atomic mass is 16.3. The van der Waals surface area contributed by atoms with Crippen LogP contribution in [0, 0.1) is 0 Å². The summed E-state index contributed by atoms with van der Waals surface area (Å²) in [7, 11) is 1.84. The van der Waals surface area contributed by atoms with E-state index in [4.69, 9.17) is 0 Å². The van der Waals surface area contributed by atoms with Crippen LogP contribution in [-0.2, 0) is 12.6 Å². The van der Waals surface area contributed by atoms with Crippen LogP contribution >= 0.6 is 0 Å². The first-order chi connectivity index (χ1) is 5.72. The van der Waals surface area contributed by atoms with Crippen LogP contribution in [0.1, 0.15) is 12.2 Å². The number of hydrogen-bond donors (Lipinski definition) is 2. The second kappa shape index (κ2) is 2.53. The zero-order chi connectivity index (χ0) is 8.60. The van der Waals surface area contributed by atoms with E-state index < -0.39 is 5.60 Å². The lowest BCUT2D eigenvalue weighted by Gasteiger charge is -2.19. The SMILES string of the molecule is Cn1cnnc1C1(O)CCNC1. The summed E-state index contributed by atoms with van der Waals surface area (Å²) in [5.74, 6) is 0.646. The van der Waals surface area contributed by atoms with Gasteiger partial charge >= 0.3 is 0 Å². The molecule has 1 atom stereocenters. The average Bonchev–Trinajstić information content (AvgIpc) is 2.59. The third-order valence-corrected chi connectivity index (χ3v) is 2.26. The second-order valence-corrected chi connectivity index (χ2v) is 3.22. The quantitative estimate of drug-likeness (QED) is 0.564.